The van der Waals surface area contributed by atoms with E-state index in [0.29, 0.717) is 17.9 Å². The van der Waals surface area contributed by atoms with Gasteiger partial charge in [-0.05, 0) is 42.1 Å². The molecule has 0 unspecified atom stereocenters. The number of carboxylic acid groups (broad SMARTS) is 1. The highest BCUT2D eigenvalue weighted by atomic mass is 35.5. The summed E-state index contributed by atoms with van der Waals surface area (Å²) in [6.07, 6.45) is 0.888. The lowest BCUT2D eigenvalue weighted by atomic mass is 10.2. The molecule has 0 spiro atoms. The molecule has 0 amide bonds. The Morgan fingerprint density at radius 3 is 2.67 bits per heavy atom. The van der Waals surface area contributed by atoms with Crippen molar-refractivity contribution < 1.29 is 14.6 Å². The SMILES string of the molecule is Cl.O=C(O)c1cc(OCCCN2CCN(c3cccc4sccc34)CC2)c2ccccc2n1. The molecule has 0 radical (unpaired) electrons. The highest BCUT2D eigenvalue weighted by Crippen LogP contribution is 2.31. The summed E-state index contributed by atoms with van der Waals surface area (Å²) < 4.78 is 7.34. The molecule has 1 aliphatic heterocycles. The fourth-order valence-corrected chi connectivity index (χ4v) is 5.12. The Morgan fingerprint density at radius 2 is 1.85 bits per heavy atom. The number of aromatic carboxylic acids is 1. The van der Waals surface area contributed by atoms with Crippen LogP contribution in [0, 0.1) is 0 Å². The number of hydrogen-bond acceptors (Lipinski definition) is 6. The third kappa shape index (κ3) is 5.05. The van der Waals surface area contributed by atoms with Crippen molar-refractivity contribution in [1.82, 2.24) is 9.88 Å². The van der Waals surface area contributed by atoms with Crippen molar-refractivity contribution in [2.75, 3.05) is 44.2 Å². The number of rotatable bonds is 7. The van der Waals surface area contributed by atoms with Crippen molar-refractivity contribution in [2.45, 2.75) is 6.42 Å². The molecule has 0 bridgehead atoms. The molecule has 1 N–H and O–H groups in total. The van der Waals surface area contributed by atoms with Crippen LogP contribution in [-0.4, -0.2) is 60.3 Å². The summed E-state index contributed by atoms with van der Waals surface area (Å²) in [5.41, 5.74) is 1.99. The van der Waals surface area contributed by atoms with Crippen LogP contribution >= 0.6 is 23.7 Å². The average Bonchev–Trinajstić information content (AvgIpc) is 3.31. The van der Waals surface area contributed by atoms with Gasteiger partial charge in [0.25, 0.3) is 0 Å². The largest absolute Gasteiger partial charge is 0.493 e. The van der Waals surface area contributed by atoms with Crippen molar-refractivity contribution in [3.8, 4) is 5.75 Å². The van der Waals surface area contributed by atoms with Gasteiger partial charge in [-0.25, -0.2) is 9.78 Å². The van der Waals surface area contributed by atoms with Crippen LogP contribution in [0.1, 0.15) is 16.9 Å². The summed E-state index contributed by atoms with van der Waals surface area (Å²) in [5.74, 6) is -0.460. The number of para-hydroxylation sites is 1. The maximum Gasteiger partial charge on any atom is 0.354 e. The van der Waals surface area contributed by atoms with E-state index in [0.717, 1.165) is 44.5 Å². The van der Waals surface area contributed by atoms with Gasteiger partial charge in [0.2, 0.25) is 0 Å². The van der Waals surface area contributed by atoms with Crippen molar-refractivity contribution in [1.29, 1.82) is 0 Å². The maximum absolute atomic E-state index is 11.4. The topological polar surface area (TPSA) is 65.9 Å². The zero-order valence-corrected chi connectivity index (χ0v) is 19.8. The lowest BCUT2D eigenvalue weighted by Gasteiger charge is -2.36. The minimum atomic E-state index is -1.04. The molecule has 0 atom stereocenters. The number of benzene rings is 2. The lowest BCUT2D eigenvalue weighted by molar-refractivity contribution is 0.0690. The van der Waals surface area contributed by atoms with Gasteiger partial charge in [-0.3, -0.25) is 4.90 Å². The van der Waals surface area contributed by atoms with Gasteiger partial charge in [-0.1, -0.05) is 18.2 Å². The molecule has 8 heteroatoms. The maximum atomic E-state index is 11.4. The molecular formula is C25H26ClN3O3S. The number of anilines is 1. The van der Waals surface area contributed by atoms with E-state index in [-0.39, 0.29) is 18.1 Å². The van der Waals surface area contributed by atoms with Gasteiger partial charge in [-0.2, -0.15) is 0 Å². The average molecular weight is 484 g/mol. The number of carbonyl (C=O) groups is 1. The Balaban J connectivity index is 0.00000259. The Kier molecular flexibility index (Phi) is 7.33. The summed E-state index contributed by atoms with van der Waals surface area (Å²) in [4.78, 5) is 20.5. The van der Waals surface area contributed by atoms with Crippen LogP contribution in [0.4, 0.5) is 5.69 Å². The van der Waals surface area contributed by atoms with Crippen LogP contribution in [0.25, 0.3) is 21.0 Å². The van der Waals surface area contributed by atoms with Crippen molar-refractivity contribution in [2.24, 2.45) is 0 Å². The van der Waals surface area contributed by atoms with Gasteiger partial charge < -0.3 is 14.7 Å². The first-order valence-corrected chi connectivity index (χ1v) is 11.8. The highest BCUT2D eigenvalue weighted by molar-refractivity contribution is 7.17. The van der Waals surface area contributed by atoms with Crippen LogP contribution in [-0.2, 0) is 0 Å². The van der Waals surface area contributed by atoms with Gasteiger partial charge in [0, 0.05) is 59.9 Å². The molecule has 1 saturated heterocycles. The number of carboxylic acids is 1. The van der Waals surface area contributed by atoms with E-state index < -0.39 is 5.97 Å². The van der Waals surface area contributed by atoms with Crippen LogP contribution in [0.3, 0.4) is 0 Å². The zero-order valence-electron chi connectivity index (χ0n) is 18.1. The number of fused-ring (bicyclic) bond motifs is 2. The van der Waals surface area contributed by atoms with Crippen LogP contribution in [0.15, 0.2) is 60.0 Å². The molecule has 0 aliphatic carbocycles. The van der Waals surface area contributed by atoms with Crippen LogP contribution in [0.2, 0.25) is 0 Å². The van der Waals surface area contributed by atoms with E-state index in [2.05, 4.69) is 44.4 Å². The molecule has 1 fully saturated rings. The fourth-order valence-electron chi connectivity index (χ4n) is 4.31. The molecule has 2 aromatic carbocycles. The molecule has 172 valence electrons. The number of hydrogen-bond donors (Lipinski definition) is 1. The minimum Gasteiger partial charge on any atom is -0.493 e. The molecule has 5 rings (SSSR count). The van der Waals surface area contributed by atoms with Crippen molar-refractivity contribution in [3.05, 3.63) is 65.7 Å². The second-order valence-electron chi connectivity index (χ2n) is 7.97. The summed E-state index contributed by atoms with van der Waals surface area (Å²) >= 11 is 1.79. The molecule has 4 aromatic rings. The normalized spacial score (nSPS) is 14.4. The van der Waals surface area contributed by atoms with E-state index in [4.69, 9.17) is 4.74 Å². The number of ether oxygens (including phenoxy) is 1. The third-order valence-corrected chi connectivity index (χ3v) is 6.84. The number of halogens is 1. The highest BCUT2D eigenvalue weighted by Gasteiger charge is 2.19. The van der Waals surface area contributed by atoms with E-state index in [1.54, 1.807) is 11.3 Å². The van der Waals surface area contributed by atoms with E-state index in [1.165, 1.54) is 21.8 Å². The minimum absolute atomic E-state index is 0. The Hall–Kier alpha value is -2.87. The summed E-state index contributed by atoms with van der Waals surface area (Å²) in [7, 11) is 0. The molecular weight excluding hydrogens is 458 g/mol. The number of aromatic nitrogens is 1. The second-order valence-corrected chi connectivity index (χ2v) is 8.92. The summed E-state index contributed by atoms with van der Waals surface area (Å²) in [6.45, 7) is 5.61. The van der Waals surface area contributed by atoms with Crippen molar-refractivity contribution >= 4 is 56.4 Å². The first-order chi connectivity index (χ1) is 15.7. The Bertz CT molecular complexity index is 1250. The molecule has 1 aliphatic rings. The number of nitrogens with zero attached hydrogens (tertiary/aromatic N) is 3. The Morgan fingerprint density at radius 1 is 1.03 bits per heavy atom. The standard InChI is InChI=1S/C25H25N3O3S.ClH/c29-25(30)21-17-23(18-5-1-2-6-20(18)26-21)31-15-4-10-27-11-13-28(14-12-27)22-7-3-8-24-19(22)9-16-32-24;/h1-3,5-9,16-17H,4,10-15H2,(H,29,30);1H. The predicted octanol–water partition coefficient (Wildman–Crippen LogP) is 5.16. The number of thiophene rings is 1. The van der Waals surface area contributed by atoms with Crippen molar-refractivity contribution in [3.63, 3.8) is 0 Å². The van der Waals surface area contributed by atoms with Gasteiger partial charge in [0.05, 0.1) is 12.1 Å². The van der Waals surface area contributed by atoms with Gasteiger partial charge in [0.15, 0.2) is 5.69 Å². The quantitative estimate of drug-likeness (QED) is 0.366. The van der Waals surface area contributed by atoms with Gasteiger partial charge in [-0.15, -0.1) is 23.7 Å². The predicted molar refractivity (Wildman–Crippen MR) is 137 cm³/mol. The van der Waals surface area contributed by atoms with E-state index >= 15 is 0 Å². The molecule has 0 saturated carbocycles. The molecule has 33 heavy (non-hydrogen) atoms. The van der Waals surface area contributed by atoms with E-state index in [1.807, 2.05) is 24.3 Å². The first kappa shape index (κ1) is 23.3. The molecule has 2 aromatic heterocycles. The number of piperazine rings is 1. The van der Waals surface area contributed by atoms with Gasteiger partial charge >= 0.3 is 5.97 Å². The van der Waals surface area contributed by atoms with E-state index in [9.17, 15) is 9.90 Å². The molecule has 6 nitrogen and oxygen atoms in total. The number of pyridine rings is 1. The molecule has 3 heterocycles. The summed E-state index contributed by atoms with van der Waals surface area (Å²) in [6, 6.07) is 17.8. The summed E-state index contributed by atoms with van der Waals surface area (Å²) in [5, 5.41) is 13.7. The third-order valence-electron chi connectivity index (χ3n) is 5.96. The van der Waals surface area contributed by atoms with Crippen LogP contribution < -0.4 is 9.64 Å². The fraction of sp³-hybridized carbons (Fsp3) is 0.280. The zero-order chi connectivity index (χ0) is 21.9. The second kappa shape index (κ2) is 10.4. The lowest BCUT2D eigenvalue weighted by Crippen LogP contribution is -2.46. The van der Waals surface area contributed by atoms with Gasteiger partial charge in [0.1, 0.15) is 5.75 Å². The smallest absolute Gasteiger partial charge is 0.354 e. The first-order valence-electron chi connectivity index (χ1n) is 10.9. The Labute approximate surface area is 202 Å². The monoisotopic (exact) mass is 483 g/mol. The van der Waals surface area contributed by atoms with Crippen LogP contribution in [0.5, 0.6) is 5.75 Å².